The molecule has 1 aromatic heterocycles. The summed E-state index contributed by atoms with van der Waals surface area (Å²) >= 11 is 5.15. The molecule has 0 fully saturated rings. The molecule has 6 heteroatoms. The summed E-state index contributed by atoms with van der Waals surface area (Å²) in [4.78, 5) is 18.1. The van der Waals surface area contributed by atoms with Gasteiger partial charge in [0.15, 0.2) is 0 Å². The van der Waals surface area contributed by atoms with Crippen molar-refractivity contribution in [3.8, 4) is 0 Å². The number of rotatable bonds is 1. The zero-order valence-corrected chi connectivity index (χ0v) is 10.3. The molecule has 1 aromatic carbocycles. The highest BCUT2D eigenvalue weighted by Gasteiger charge is 2.13. The first-order valence-electron chi connectivity index (χ1n) is 5.57. The van der Waals surface area contributed by atoms with Crippen molar-refractivity contribution in [1.82, 2.24) is 15.4 Å². The Morgan fingerprint density at radius 3 is 2.94 bits per heavy atom. The lowest BCUT2D eigenvalue weighted by molar-refractivity contribution is -0.121. The van der Waals surface area contributed by atoms with Crippen LogP contribution in [0.3, 0.4) is 0 Å². The third-order valence-corrected chi connectivity index (χ3v) is 3.21. The number of nitrogens with one attached hydrogen (secondary N) is 2. The summed E-state index contributed by atoms with van der Waals surface area (Å²) in [5.41, 5.74) is 5.29. The maximum absolute atomic E-state index is 11.1. The molecule has 0 atom stereocenters. The van der Waals surface area contributed by atoms with Gasteiger partial charge >= 0.3 is 0 Å². The van der Waals surface area contributed by atoms with Gasteiger partial charge in [0.2, 0.25) is 5.91 Å². The Morgan fingerprint density at radius 1 is 1.28 bits per heavy atom. The Morgan fingerprint density at radius 2 is 2.17 bits per heavy atom. The third kappa shape index (κ3) is 1.91. The van der Waals surface area contributed by atoms with Gasteiger partial charge in [0.1, 0.15) is 4.64 Å². The van der Waals surface area contributed by atoms with Crippen molar-refractivity contribution >= 4 is 34.7 Å². The second-order valence-corrected chi connectivity index (χ2v) is 4.45. The predicted octanol–water partition coefficient (Wildman–Crippen LogP) is 1.91. The van der Waals surface area contributed by atoms with E-state index in [9.17, 15) is 4.79 Å². The van der Waals surface area contributed by atoms with Gasteiger partial charge in [0, 0.05) is 18.2 Å². The number of H-pyrrole nitrogens is 1. The van der Waals surface area contributed by atoms with Crippen molar-refractivity contribution in [3.63, 3.8) is 0 Å². The van der Waals surface area contributed by atoms with E-state index in [0.717, 1.165) is 22.2 Å². The topological polar surface area (TPSA) is 70.1 Å². The van der Waals surface area contributed by atoms with Crippen molar-refractivity contribution in [2.24, 2.45) is 5.10 Å². The number of aromatic amines is 1. The highest BCUT2D eigenvalue weighted by atomic mass is 32.1. The van der Waals surface area contributed by atoms with Gasteiger partial charge in [-0.15, -0.1) is 0 Å². The molecule has 0 saturated carbocycles. The number of nitrogens with zero attached hydrogens (tertiary/aromatic N) is 2. The maximum Gasteiger partial charge on any atom is 0.240 e. The van der Waals surface area contributed by atoms with Gasteiger partial charge in [-0.3, -0.25) is 4.79 Å². The van der Waals surface area contributed by atoms with Crippen LogP contribution >= 0.6 is 12.2 Å². The zero-order valence-electron chi connectivity index (χ0n) is 9.43. The summed E-state index contributed by atoms with van der Waals surface area (Å²) < 4.78 is 0.578. The van der Waals surface area contributed by atoms with E-state index in [1.165, 1.54) is 0 Å². The standard InChI is InChI=1S/C12H10N4OS/c17-11-4-3-9(15-16-11)7-1-2-8-10(5-7)13-6-14-12(8)18/h1-2,5-6H,3-4H2,(H,16,17)(H,13,14,18). The smallest absolute Gasteiger partial charge is 0.240 e. The number of benzene rings is 1. The molecule has 1 amide bonds. The summed E-state index contributed by atoms with van der Waals surface area (Å²) in [5.74, 6) is -0.0388. The van der Waals surface area contributed by atoms with Crippen LogP contribution in [0.4, 0.5) is 0 Å². The normalized spacial score (nSPS) is 15.3. The maximum atomic E-state index is 11.1. The van der Waals surface area contributed by atoms with Crippen LogP contribution < -0.4 is 5.43 Å². The Hall–Kier alpha value is -2.08. The number of aromatic nitrogens is 2. The fourth-order valence-electron chi connectivity index (χ4n) is 1.94. The fraction of sp³-hybridized carbons (Fsp3) is 0.167. The molecule has 0 unspecified atom stereocenters. The van der Waals surface area contributed by atoms with Crippen LogP contribution in [0.15, 0.2) is 29.6 Å². The monoisotopic (exact) mass is 258 g/mol. The van der Waals surface area contributed by atoms with E-state index in [1.807, 2.05) is 18.2 Å². The number of hydrogen-bond donors (Lipinski definition) is 2. The van der Waals surface area contributed by atoms with Gasteiger partial charge in [-0.25, -0.2) is 10.4 Å². The van der Waals surface area contributed by atoms with Gasteiger partial charge in [-0.1, -0.05) is 18.3 Å². The van der Waals surface area contributed by atoms with Gasteiger partial charge in [0.25, 0.3) is 0 Å². The van der Waals surface area contributed by atoms with Crippen molar-refractivity contribution < 1.29 is 4.79 Å². The van der Waals surface area contributed by atoms with E-state index in [1.54, 1.807) is 6.33 Å². The molecule has 1 aliphatic rings. The Bertz CT molecular complexity index is 719. The first kappa shape index (κ1) is 11.0. The molecule has 2 N–H and O–H groups in total. The van der Waals surface area contributed by atoms with E-state index < -0.39 is 0 Å². The number of carbonyl (C=O) groups is 1. The first-order valence-corrected chi connectivity index (χ1v) is 5.98. The summed E-state index contributed by atoms with van der Waals surface area (Å²) in [5, 5.41) is 4.99. The minimum atomic E-state index is -0.0388. The number of hydrogen-bond acceptors (Lipinski definition) is 4. The highest BCUT2D eigenvalue weighted by molar-refractivity contribution is 7.71. The Balaban J connectivity index is 2.09. The van der Waals surface area contributed by atoms with E-state index >= 15 is 0 Å². The van der Waals surface area contributed by atoms with Gasteiger partial charge in [0.05, 0.1) is 17.6 Å². The molecule has 1 aliphatic heterocycles. The van der Waals surface area contributed by atoms with Crippen molar-refractivity contribution in [1.29, 1.82) is 0 Å². The van der Waals surface area contributed by atoms with Crippen LogP contribution in [0.1, 0.15) is 18.4 Å². The molecule has 3 rings (SSSR count). The van der Waals surface area contributed by atoms with E-state index in [4.69, 9.17) is 12.2 Å². The molecule has 2 aromatic rings. The van der Waals surface area contributed by atoms with E-state index in [-0.39, 0.29) is 5.91 Å². The van der Waals surface area contributed by atoms with Crippen LogP contribution in [0.25, 0.3) is 10.9 Å². The van der Waals surface area contributed by atoms with Crippen LogP contribution in [0.5, 0.6) is 0 Å². The lowest BCUT2D eigenvalue weighted by Crippen LogP contribution is -2.25. The predicted molar refractivity (Wildman–Crippen MR) is 70.8 cm³/mol. The summed E-state index contributed by atoms with van der Waals surface area (Å²) in [6, 6.07) is 5.85. The Kier molecular flexibility index (Phi) is 2.64. The van der Waals surface area contributed by atoms with Crippen LogP contribution in [-0.4, -0.2) is 21.6 Å². The number of hydrazone groups is 1. The molecule has 0 saturated heterocycles. The molecular weight excluding hydrogens is 248 g/mol. The van der Waals surface area contributed by atoms with Gasteiger partial charge in [-0.05, 0) is 17.7 Å². The third-order valence-electron chi connectivity index (χ3n) is 2.89. The number of carbonyl (C=O) groups excluding carboxylic acids is 1. The van der Waals surface area contributed by atoms with Crippen LogP contribution in [0.2, 0.25) is 0 Å². The SMILES string of the molecule is O=C1CCC(c2ccc3c(=S)nc[nH]c3c2)=NN1. The average Bonchev–Trinajstić information content (AvgIpc) is 2.39. The molecule has 0 bridgehead atoms. The molecule has 18 heavy (non-hydrogen) atoms. The van der Waals surface area contributed by atoms with Crippen LogP contribution in [0, 0.1) is 4.64 Å². The minimum absolute atomic E-state index is 0.0388. The summed E-state index contributed by atoms with van der Waals surface area (Å²) in [6.45, 7) is 0. The minimum Gasteiger partial charge on any atom is -0.346 e. The molecule has 0 radical (unpaired) electrons. The quantitative estimate of drug-likeness (QED) is 0.768. The van der Waals surface area contributed by atoms with Gasteiger partial charge in [-0.2, -0.15) is 5.10 Å². The lowest BCUT2D eigenvalue weighted by atomic mass is 10.0. The lowest BCUT2D eigenvalue weighted by Gasteiger charge is -2.12. The fourth-order valence-corrected chi connectivity index (χ4v) is 2.17. The zero-order chi connectivity index (χ0) is 12.5. The van der Waals surface area contributed by atoms with Crippen molar-refractivity contribution in [2.75, 3.05) is 0 Å². The second kappa shape index (κ2) is 4.30. The second-order valence-electron chi connectivity index (χ2n) is 4.06. The van der Waals surface area contributed by atoms with Gasteiger partial charge < -0.3 is 4.98 Å². The van der Waals surface area contributed by atoms with Crippen molar-refractivity contribution in [3.05, 3.63) is 34.7 Å². The highest BCUT2D eigenvalue weighted by Crippen LogP contribution is 2.17. The van der Waals surface area contributed by atoms with E-state index in [2.05, 4.69) is 20.5 Å². The molecule has 90 valence electrons. The molecule has 5 nitrogen and oxygen atoms in total. The summed E-state index contributed by atoms with van der Waals surface area (Å²) in [7, 11) is 0. The summed E-state index contributed by atoms with van der Waals surface area (Å²) in [6.07, 6.45) is 2.71. The molecule has 0 aliphatic carbocycles. The molecular formula is C12H10N4OS. The number of fused-ring (bicyclic) bond motifs is 1. The van der Waals surface area contributed by atoms with E-state index in [0.29, 0.717) is 17.5 Å². The molecule has 2 heterocycles. The molecule has 0 spiro atoms. The average molecular weight is 258 g/mol. The van der Waals surface area contributed by atoms with Crippen LogP contribution in [-0.2, 0) is 4.79 Å². The largest absolute Gasteiger partial charge is 0.346 e. The Labute approximate surface area is 108 Å². The first-order chi connectivity index (χ1) is 8.74. The van der Waals surface area contributed by atoms with Crippen molar-refractivity contribution in [2.45, 2.75) is 12.8 Å². The number of amides is 1.